The van der Waals surface area contributed by atoms with Crippen LogP contribution in [0.5, 0.6) is 0 Å². The van der Waals surface area contributed by atoms with E-state index in [1.54, 1.807) is 0 Å². The van der Waals surface area contributed by atoms with Crippen LogP contribution in [-0.2, 0) is 0 Å². The first kappa shape index (κ1) is 11.3. The average molecular weight is 251 g/mol. The molecule has 82 valence electrons. The lowest BCUT2D eigenvalue weighted by Gasteiger charge is -2.06. The predicted octanol–water partition coefficient (Wildman–Crippen LogP) is 4.08. The van der Waals surface area contributed by atoms with E-state index in [1.165, 1.54) is 0 Å². The van der Waals surface area contributed by atoms with Crippen LogP contribution in [-0.4, -0.2) is 9.97 Å². The highest BCUT2D eigenvalue weighted by atomic mass is 35.5. The lowest BCUT2D eigenvalue weighted by Crippen LogP contribution is -1.96. The Hall–Kier alpha value is -1.19. The van der Waals surface area contributed by atoms with Gasteiger partial charge in [0.15, 0.2) is 0 Å². The van der Waals surface area contributed by atoms with Crippen molar-refractivity contribution in [2.75, 3.05) is 0 Å². The van der Waals surface area contributed by atoms with E-state index in [2.05, 4.69) is 9.97 Å². The number of halogens is 1. The third-order valence-corrected chi connectivity index (χ3v) is 3.13. The number of hydrogen-bond acceptors (Lipinski definition) is 2. The standard InChI is InChI=1S/C12H11ClN2S/c1-7-8(2)14-11(15-12(7)16)9-4-3-5-10(13)6-9/h3-6H,1-2H3,(H,14,15,16). The van der Waals surface area contributed by atoms with E-state index >= 15 is 0 Å². The van der Waals surface area contributed by atoms with Gasteiger partial charge >= 0.3 is 0 Å². The van der Waals surface area contributed by atoms with Gasteiger partial charge in [-0.3, -0.25) is 0 Å². The molecule has 0 aliphatic heterocycles. The zero-order valence-electron chi connectivity index (χ0n) is 9.04. The number of aromatic nitrogens is 2. The van der Waals surface area contributed by atoms with E-state index in [9.17, 15) is 0 Å². The molecule has 2 rings (SSSR count). The molecule has 0 unspecified atom stereocenters. The predicted molar refractivity (Wildman–Crippen MR) is 69.3 cm³/mol. The molecule has 0 radical (unpaired) electrons. The number of H-pyrrole nitrogens is 1. The molecule has 0 aliphatic carbocycles. The van der Waals surface area contributed by atoms with Gasteiger partial charge in [-0.2, -0.15) is 0 Å². The SMILES string of the molecule is Cc1[nH]c(-c2cccc(Cl)c2)nc(=S)c1C. The van der Waals surface area contributed by atoms with E-state index in [-0.39, 0.29) is 0 Å². The van der Waals surface area contributed by atoms with Crippen molar-refractivity contribution in [2.45, 2.75) is 13.8 Å². The summed E-state index contributed by atoms with van der Waals surface area (Å²) < 4.78 is 0.631. The number of nitrogens with one attached hydrogen (secondary N) is 1. The molecule has 0 saturated carbocycles. The topological polar surface area (TPSA) is 28.7 Å². The molecular formula is C12H11ClN2S. The molecule has 0 saturated heterocycles. The van der Waals surface area contributed by atoms with Crippen molar-refractivity contribution in [3.8, 4) is 11.4 Å². The molecule has 0 fully saturated rings. The molecule has 0 aliphatic rings. The van der Waals surface area contributed by atoms with E-state index in [1.807, 2.05) is 38.1 Å². The molecule has 1 heterocycles. The molecule has 2 nitrogen and oxygen atoms in total. The maximum Gasteiger partial charge on any atom is 0.139 e. The second kappa shape index (κ2) is 4.36. The van der Waals surface area contributed by atoms with Crippen LogP contribution >= 0.6 is 23.8 Å². The first-order valence-electron chi connectivity index (χ1n) is 4.91. The minimum atomic E-state index is 0.631. The Kier molecular flexibility index (Phi) is 3.08. The Morgan fingerprint density at radius 3 is 2.69 bits per heavy atom. The lowest BCUT2D eigenvalue weighted by atomic mass is 10.2. The Bertz CT molecular complexity index is 590. The van der Waals surface area contributed by atoms with Gasteiger partial charge in [0.2, 0.25) is 0 Å². The summed E-state index contributed by atoms with van der Waals surface area (Å²) in [5.41, 5.74) is 3.00. The average Bonchev–Trinajstić information content (AvgIpc) is 2.25. The molecule has 0 amide bonds. The van der Waals surface area contributed by atoms with E-state index in [0.29, 0.717) is 9.66 Å². The molecule has 0 spiro atoms. The van der Waals surface area contributed by atoms with Crippen LogP contribution in [0.15, 0.2) is 24.3 Å². The van der Waals surface area contributed by atoms with Gasteiger partial charge in [-0.05, 0) is 26.0 Å². The number of aromatic amines is 1. The fourth-order valence-electron chi connectivity index (χ4n) is 1.42. The van der Waals surface area contributed by atoms with Crippen molar-refractivity contribution in [1.29, 1.82) is 0 Å². The van der Waals surface area contributed by atoms with Gasteiger partial charge in [-0.25, -0.2) is 4.98 Å². The molecular weight excluding hydrogens is 240 g/mol. The van der Waals surface area contributed by atoms with Gasteiger partial charge < -0.3 is 4.98 Å². The number of aryl methyl sites for hydroxylation is 1. The van der Waals surface area contributed by atoms with E-state index < -0.39 is 0 Å². The first-order valence-corrected chi connectivity index (χ1v) is 5.70. The van der Waals surface area contributed by atoms with Crippen LogP contribution in [0.25, 0.3) is 11.4 Å². The smallest absolute Gasteiger partial charge is 0.139 e. The van der Waals surface area contributed by atoms with Crippen LogP contribution in [0.4, 0.5) is 0 Å². The summed E-state index contributed by atoms with van der Waals surface area (Å²) in [6.07, 6.45) is 0. The van der Waals surface area contributed by atoms with Gasteiger partial charge in [0, 0.05) is 21.8 Å². The van der Waals surface area contributed by atoms with Crippen molar-refractivity contribution in [1.82, 2.24) is 9.97 Å². The molecule has 1 aromatic carbocycles. The fourth-order valence-corrected chi connectivity index (χ4v) is 1.85. The van der Waals surface area contributed by atoms with Crippen LogP contribution in [0, 0.1) is 18.5 Å². The van der Waals surface area contributed by atoms with Crippen molar-refractivity contribution < 1.29 is 0 Å². The third-order valence-electron chi connectivity index (χ3n) is 2.50. The molecule has 0 atom stereocenters. The van der Waals surface area contributed by atoms with Crippen molar-refractivity contribution in [3.63, 3.8) is 0 Å². The van der Waals surface area contributed by atoms with Crippen LogP contribution in [0.3, 0.4) is 0 Å². The number of nitrogens with zero attached hydrogens (tertiary/aromatic N) is 1. The second-order valence-electron chi connectivity index (χ2n) is 3.65. The molecule has 1 N–H and O–H groups in total. The largest absolute Gasteiger partial charge is 0.343 e. The fraction of sp³-hybridized carbons (Fsp3) is 0.167. The van der Waals surface area contributed by atoms with Crippen LogP contribution in [0.1, 0.15) is 11.3 Å². The van der Waals surface area contributed by atoms with E-state index in [4.69, 9.17) is 23.8 Å². The highest BCUT2D eigenvalue weighted by Crippen LogP contribution is 2.20. The first-order chi connectivity index (χ1) is 7.58. The Labute approximate surface area is 104 Å². The van der Waals surface area contributed by atoms with E-state index in [0.717, 1.165) is 22.6 Å². The molecule has 1 aromatic heterocycles. The maximum absolute atomic E-state index is 5.94. The van der Waals surface area contributed by atoms with Crippen LogP contribution < -0.4 is 0 Å². The Morgan fingerprint density at radius 1 is 1.31 bits per heavy atom. The summed E-state index contributed by atoms with van der Waals surface area (Å²) in [6.45, 7) is 3.95. The zero-order chi connectivity index (χ0) is 11.7. The maximum atomic E-state index is 5.94. The highest BCUT2D eigenvalue weighted by molar-refractivity contribution is 7.71. The van der Waals surface area contributed by atoms with Gasteiger partial charge in [-0.15, -0.1) is 0 Å². The number of hydrogen-bond donors (Lipinski definition) is 1. The summed E-state index contributed by atoms with van der Waals surface area (Å²) >= 11 is 11.1. The number of benzene rings is 1. The second-order valence-corrected chi connectivity index (χ2v) is 4.47. The minimum absolute atomic E-state index is 0.631. The molecule has 2 aromatic rings. The van der Waals surface area contributed by atoms with Crippen molar-refractivity contribution >= 4 is 23.8 Å². The van der Waals surface area contributed by atoms with Gasteiger partial charge in [0.25, 0.3) is 0 Å². The van der Waals surface area contributed by atoms with Gasteiger partial charge in [-0.1, -0.05) is 36.0 Å². The normalized spacial score (nSPS) is 10.4. The van der Waals surface area contributed by atoms with Crippen molar-refractivity contribution in [2.24, 2.45) is 0 Å². The summed E-state index contributed by atoms with van der Waals surface area (Å²) in [6, 6.07) is 7.55. The third kappa shape index (κ3) is 2.15. The Balaban J connectivity index is 2.61. The molecule has 16 heavy (non-hydrogen) atoms. The number of rotatable bonds is 1. The summed E-state index contributed by atoms with van der Waals surface area (Å²) in [5, 5.41) is 0.692. The molecule has 0 bridgehead atoms. The monoisotopic (exact) mass is 250 g/mol. The quantitative estimate of drug-likeness (QED) is 0.773. The van der Waals surface area contributed by atoms with Gasteiger partial charge in [0.05, 0.1) is 0 Å². The highest BCUT2D eigenvalue weighted by Gasteiger charge is 2.04. The summed E-state index contributed by atoms with van der Waals surface area (Å²) in [7, 11) is 0. The minimum Gasteiger partial charge on any atom is -0.343 e. The zero-order valence-corrected chi connectivity index (χ0v) is 10.6. The molecule has 4 heteroatoms. The lowest BCUT2D eigenvalue weighted by molar-refractivity contribution is 1.06. The summed E-state index contributed by atoms with van der Waals surface area (Å²) in [4.78, 5) is 7.57. The summed E-state index contributed by atoms with van der Waals surface area (Å²) in [5.74, 6) is 0.760. The van der Waals surface area contributed by atoms with Gasteiger partial charge in [0.1, 0.15) is 10.5 Å². The Morgan fingerprint density at radius 2 is 2.06 bits per heavy atom. The van der Waals surface area contributed by atoms with Crippen LogP contribution in [0.2, 0.25) is 5.02 Å². The van der Waals surface area contributed by atoms with Crippen molar-refractivity contribution in [3.05, 3.63) is 45.2 Å².